The van der Waals surface area contributed by atoms with Gasteiger partial charge in [-0.2, -0.15) is 0 Å². The van der Waals surface area contributed by atoms with Crippen LogP contribution in [0.5, 0.6) is 5.75 Å². The second-order valence-corrected chi connectivity index (χ2v) is 7.70. The summed E-state index contributed by atoms with van der Waals surface area (Å²) in [7, 11) is 1.70. The molecule has 1 atom stereocenters. The lowest BCUT2D eigenvalue weighted by atomic mass is 9.77. The lowest BCUT2D eigenvalue weighted by Crippen LogP contribution is -2.28. The van der Waals surface area contributed by atoms with E-state index in [9.17, 15) is 0 Å². The summed E-state index contributed by atoms with van der Waals surface area (Å²) in [5.74, 6) is 0.915. The Morgan fingerprint density at radius 1 is 1.38 bits per heavy atom. The maximum Gasteiger partial charge on any atom is 0.123 e. The molecule has 1 aliphatic rings. The summed E-state index contributed by atoms with van der Waals surface area (Å²) in [6.07, 6.45) is 2.05. The van der Waals surface area contributed by atoms with Crippen molar-refractivity contribution in [2.75, 3.05) is 7.11 Å². The van der Waals surface area contributed by atoms with E-state index in [0.717, 1.165) is 34.7 Å². The fourth-order valence-electron chi connectivity index (χ4n) is 3.13. The first-order valence-electron chi connectivity index (χ1n) is 7.30. The molecule has 112 valence electrons. The highest BCUT2D eigenvalue weighted by Gasteiger charge is 2.33. The molecule has 0 amide bonds. The average molecular weight is 302 g/mol. The van der Waals surface area contributed by atoms with Crippen molar-refractivity contribution in [3.63, 3.8) is 0 Å². The number of hydrogen-bond donors (Lipinski definition) is 1. The molecule has 1 aliphatic carbocycles. The Kier molecular flexibility index (Phi) is 3.54. The topological polar surface area (TPSA) is 48.1 Å². The highest BCUT2D eigenvalue weighted by Crippen LogP contribution is 2.44. The van der Waals surface area contributed by atoms with E-state index in [-0.39, 0.29) is 11.5 Å². The zero-order chi connectivity index (χ0) is 15.2. The third kappa shape index (κ3) is 2.70. The predicted molar refractivity (Wildman–Crippen MR) is 87.9 cm³/mol. The van der Waals surface area contributed by atoms with Crippen LogP contribution in [0.25, 0.3) is 10.6 Å². The number of nitrogens with two attached hydrogens (primary N) is 1. The first kappa shape index (κ1) is 14.5. The van der Waals surface area contributed by atoms with Gasteiger partial charge in [-0.15, -0.1) is 11.3 Å². The van der Waals surface area contributed by atoms with Crippen molar-refractivity contribution in [3.8, 4) is 16.3 Å². The van der Waals surface area contributed by atoms with E-state index in [0.29, 0.717) is 0 Å². The van der Waals surface area contributed by atoms with Crippen LogP contribution < -0.4 is 10.5 Å². The van der Waals surface area contributed by atoms with Crippen LogP contribution in [0.3, 0.4) is 0 Å². The molecule has 1 aromatic heterocycles. The fourth-order valence-corrected chi connectivity index (χ4v) is 4.21. The number of aromatic nitrogens is 1. The molecule has 21 heavy (non-hydrogen) atoms. The molecule has 3 rings (SSSR count). The van der Waals surface area contributed by atoms with E-state index >= 15 is 0 Å². The van der Waals surface area contributed by atoms with Gasteiger partial charge in [-0.1, -0.05) is 13.8 Å². The van der Waals surface area contributed by atoms with Gasteiger partial charge in [-0.3, -0.25) is 0 Å². The SMILES string of the molecule is COc1ccc(-c2nc3c(s2)C(N)CC(C)(C)C3)cc1C. The number of rotatable bonds is 2. The molecule has 0 saturated heterocycles. The molecule has 0 spiro atoms. The molecule has 0 radical (unpaired) electrons. The van der Waals surface area contributed by atoms with Crippen molar-refractivity contribution in [2.45, 2.75) is 39.7 Å². The van der Waals surface area contributed by atoms with Crippen LogP contribution in [0, 0.1) is 12.3 Å². The maximum atomic E-state index is 6.34. The molecule has 2 N–H and O–H groups in total. The number of thiazole rings is 1. The van der Waals surface area contributed by atoms with Crippen molar-refractivity contribution in [2.24, 2.45) is 11.1 Å². The monoisotopic (exact) mass is 302 g/mol. The molecule has 3 nitrogen and oxygen atoms in total. The maximum absolute atomic E-state index is 6.34. The Morgan fingerprint density at radius 3 is 2.81 bits per heavy atom. The van der Waals surface area contributed by atoms with E-state index in [1.807, 2.05) is 6.07 Å². The standard InChI is InChI=1S/C17H22N2OS/c1-10-7-11(5-6-14(10)20-4)16-19-13-9-17(2,3)8-12(18)15(13)21-16/h5-7,12H,8-9,18H2,1-4H3. The van der Waals surface area contributed by atoms with Crippen LogP contribution >= 0.6 is 11.3 Å². The zero-order valence-electron chi connectivity index (χ0n) is 13.1. The van der Waals surface area contributed by atoms with Gasteiger partial charge in [0.2, 0.25) is 0 Å². The highest BCUT2D eigenvalue weighted by atomic mass is 32.1. The van der Waals surface area contributed by atoms with Crippen molar-refractivity contribution in [3.05, 3.63) is 34.3 Å². The number of benzene rings is 1. The van der Waals surface area contributed by atoms with Crippen molar-refractivity contribution >= 4 is 11.3 Å². The summed E-state index contributed by atoms with van der Waals surface area (Å²) in [4.78, 5) is 6.12. The smallest absolute Gasteiger partial charge is 0.123 e. The minimum Gasteiger partial charge on any atom is -0.496 e. The highest BCUT2D eigenvalue weighted by molar-refractivity contribution is 7.15. The Labute approximate surface area is 130 Å². The van der Waals surface area contributed by atoms with Crippen LogP contribution in [0.4, 0.5) is 0 Å². The first-order valence-corrected chi connectivity index (χ1v) is 8.11. The first-order chi connectivity index (χ1) is 9.89. The van der Waals surface area contributed by atoms with Gasteiger partial charge in [-0.25, -0.2) is 4.98 Å². The lowest BCUT2D eigenvalue weighted by molar-refractivity contribution is 0.282. The number of hydrogen-bond acceptors (Lipinski definition) is 4. The molecule has 2 aromatic rings. The van der Waals surface area contributed by atoms with Gasteiger partial charge < -0.3 is 10.5 Å². The fraction of sp³-hybridized carbons (Fsp3) is 0.471. The van der Waals surface area contributed by atoms with Gasteiger partial charge in [0, 0.05) is 16.5 Å². The van der Waals surface area contributed by atoms with Gasteiger partial charge in [0.1, 0.15) is 10.8 Å². The molecule has 1 aromatic carbocycles. The van der Waals surface area contributed by atoms with Crippen LogP contribution in [0.2, 0.25) is 0 Å². The molecular formula is C17H22N2OS. The summed E-state index contributed by atoms with van der Waals surface area (Å²) in [5, 5.41) is 1.07. The van der Waals surface area contributed by atoms with Crippen molar-refractivity contribution < 1.29 is 4.74 Å². The third-order valence-corrected chi connectivity index (χ3v) is 5.40. The summed E-state index contributed by atoms with van der Waals surface area (Å²) in [6, 6.07) is 6.34. The van der Waals surface area contributed by atoms with E-state index < -0.39 is 0 Å². The van der Waals surface area contributed by atoms with Crippen molar-refractivity contribution in [1.29, 1.82) is 0 Å². The average Bonchev–Trinajstić information content (AvgIpc) is 2.81. The van der Waals surface area contributed by atoms with Crippen LogP contribution in [-0.2, 0) is 6.42 Å². The van der Waals surface area contributed by atoms with E-state index in [1.54, 1.807) is 18.4 Å². The quantitative estimate of drug-likeness (QED) is 0.908. The van der Waals surface area contributed by atoms with Crippen molar-refractivity contribution in [1.82, 2.24) is 4.98 Å². The molecule has 0 saturated carbocycles. The third-order valence-electron chi connectivity index (χ3n) is 4.12. The predicted octanol–water partition coefficient (Wildman–Crippen LogP) is 4.10. The zero-order valence-corrected chi connectivity index (χ0v) is 13.9. The molecule has 0 fully saturated rings. The molecule has 1 unspecified atom stereocenters. The summed E-state index contributed by atoms with van der Waals surface area (Å²) < 4.78 is 5.32. The largest absolute Gasteiger partial charge is 0.496 e. The number of nitrogens with zero attached hydrogens (tertiary/aromatic N) is 1. The Morgan fingerprint density at radius 2 is 2.14 bits per heavy atom. The second kappa shape index (κ2) is 5.11. The summed E-state index contributed by atoms with van der Waals surface area (Å²) in [6.45, 7) is 6.60. The molecular weight excluding hydrogens is 280 g/mol. The van der Waals surface area contributed by atoms with Gasteiger partial charge in [0.05, 0.1) is 12.8 Å². The summed E-state index contributed by atoms with van der Waals surface area (Å²) in [5.41, 5.74) is 10.1. The normalized spacial score (nSPS) is 20.1. The minimum absolute atomic E-state index is 0.120. The van der Waals surface area contributed by atoms with Gasteiger partial charge in [0.15, 0.2) is 0 Å². The van der Waals surface area contributed by atoms with Crippen LogP contribution in [-0.4, -0.2) is 12.1 Å². The van der Waals surface area contributed by atoms with Gasteiger partial charge in [0.25, 0.3) is 0 Å². The van der Waals surface area contributed by atoms with E-state index in [4.69, 9.17) is 15.5 Å². The summed E-state index contributed by atoms with van der Waals surface area (Å²) >= 11 is 1.74. The Hall–Kier alpha value is -1.39. The Balaban J connectivity index is 2.00. The molecule has 1 heterocycles. The van der Waals surface area contributed by atoms with Gasteiger partial charge >= 0.3 is 0 Å². The van der Waals surface area contributed by atoms with E-state index in [2.05, 4.69) is 32.9 Å². The molecule has 0 aliphatic heterocycles. The van der Waals surface area contributed by atoms with Gasteiger partial charge in [-0.05, 0) is 48.9 Å². The second-order valence-electron chi connectivity index (χ2n) is 6.67. The number of fused-ring (bicyclic) bond motifs is 1. The molecule has 4 heteroatoms. The van der Waals surface area contributed by atoms with E-state index in [1.165, 1.54) is 10.6 Å². The van der Waals surface area contributed by atoms with Crippen LogP contribution in [0.15, 0.2) is 18.2 Å². The number of ether oxygens (including phenoxy) is 1. The lowest BCUT2D eigenvalue weighted by Gasteiger charge is -2.32. The molecule has 0 bridgehead atoms. The number of aryl methyl sites for hydroxylation is 1. The van der Waals surface area contributed by atoms with Crippen LogP contribution in [0.1, 0.15) is 42.4 Å². The minimum atomic E-state index is 0.120. The Bertz CT molecular complexity index is 675. The number of methoxy groups -OCH3 is 1.